The second-order valence-corrected chi connectivity index (χ2v) is 8.99. The van der Waals surface area contributed by atoms with E-state index in [2.05, 4.69) is 35.2 Å². The summed E-state index contributed by atoms with van der Waals surface area (Å²) in [5.41, 5.74) is 2.52. The number of hydrogen-bond acceptors (Lipinski definition) is 5. The Morgan fingerprint density at radius 3 is 2.44 bits per heavy atom. The molecule has 0 bridgehead atoms. The number of hydrogen-bond donors (Lipinski definition) is 0. The summed E-state index contributed by atoms with van der Waals surface area (Å²) in [6.07, 6.45) is 5.49. The largest absolute Gasteiger partial charge is 0.342 e. The normalized spacial score (nSPS) is 19.7. The van der Waals surface area contributed by atoms with Crippen LogP contribution in [0.1, 0.15) is 31.2 Å². The van der Waals surface area contributed by atoms with Crippen molar-refractivity contribution < 1.29 is 17.4 Å². The number of carbonyl (C=O) groups excluding carboxylic acids is 1. The van der Waals surface area contributed by atoms with Crippen molar-refractivity contribution in [1.29, 1.82) is 0 Å². The molecule has 1 fully saturated rings. The molecule has 2 aliphatic heterocycles. The minimum Gasteiger partial charge on any atom is -0.342 e. The van der Waals surface area contributed by atoms with E-state index >= 15 is 0 Å². The van der Waals surface area contributed by atoms with Crippen LogP contribution in [0, 0.1) is 0 Å². The molecule has 0 radical (unpaired) electrons. The quantitative estimate of drug-likeness (QED) is 0.548. The molecule has 1 amide bonds. The SMILES string of the molecule is CS(=O)(=O)OC1CCN(C(=O)CC2=CCN(Cc3ccccc3)CC2)CC1. The molecule has 0 saturated carbocycles. The van der Waals surface area contributed by atoms with Gasteiger partial charge >= 0.3 is 0 Å². The maximum atomic E-state index is 12.5. The molecule has 3 rings (SSSR count). The summed E-state index contributed by atoms with van der Waals surface area (Å²) < 4.78 is 27.4. The van der Waals surface area contributed by atoms with Gasteiger partial charge in [-0.05, 0) is 24.8 Å². The third kappa shape index (κ3) is 6.45. The van der Waals surface area contributed by atoms with E-state index in [0.717, 1.165) is 32.3 Å². The summed E-state index contributed by atoms with van der Waals surface area (Å²) in [7, 11) is -3.43. The van der Waals surface area contributed by atoms with Gasteiger partial charge in [0, 0.05) is 39.1 Å². The van der Waals surface area contributed by atoms with Crippen LogP contribution in [0.4, 0.5) is 0 Å². The van der Waals surface area contributed by atoms with Crippen LogP contribution in [-0.4, -0.2) is 62.7 Å². The van der Waals surface area contributed by atoms with Gasteiger partial charge in [0.05, 0.1) is 12.4 Å². The van der Waals surface area contributed by atoms with Gasteiger partial charge < -0.3 is 4.90 Å². The molecule has 0 aliphatic carbocycles. The summed E-state index contributed by atoms with van der Waals surface area (Å²) >= 11 is 0. The minimum absolute atomic E-state index is 0.135. The zero-order valence-corrected chi connectivity index (χ0v) is 16.7. The Bertz CT molecular complexity index is 768. The first kappa shape index (κ1) is 20.0. The van der Waals surface area contributed by atoms with Crippen LogP contribution in [0.2, 0.25) is 0 Å². The third-order valence-electron chi connectivity index (χ3n) is 5.12. The predicted octanol–water partition coefficient (Wildman–Crippen LogP) is 2.18. The van der Waals surface area contributed by atoms with Crippen LogP contribution in [0.3, 0.4) is 0 Å². The molecule has 1 aromatic carbocycles. The van der Waals surface area contributed by atoms with Crippen molar-refractivity contribution in [1.82, 2.24) is 9.80 Å². The molecular formula is C20H28N2O4S. The van der Waals surface area contributed by atoms with Crippen molar-refractivity contribution in [3.8, 4) is 0 Å². The van der Waals surface area contributed by atoms with E-state index in [1.165, 1.54) is 11.1 Å². The maximum Gasteiger partial charge on any atom is 0.264 e. The van der Waals surface area contributed by atoms with Crippen LogP contribution < -0.4 is 0 Å². The first-order valence-corrected chi connectivity index (χ1v) is 11.3. The van der Waals surface area contributed by atoms with Crippen LogP contribution in [0.15, 0.2) is 42.0 Å². The average Bonchev–Trinajstić information content (AvgIpc) is 2.63. The molecule has 0 unspecified atom stereocenters. The van der Waals surface area contributed by atoms with E-state index in [-0.39, 0.29) is 12.0 Å². The van der Waals surface area contributed by atoms with Crippen molar-refractivity contribution in [2.24, 2.45) is 0 Å². The molecule has 0 aromatic heterocycles. The number of likely N-dealkylation sites (tertiary alicyclic amines) is 1. The van der Waals surface area contributed by atoms with E-state index in [4.69, 9.17) is 4.18 Å². The third-order valence-corrected chi connectivity index (χ3v) is 5.74. The summed E-state index contributed by atoms with van der Waals surface area (Å²) in [4.78, 5) is 16.8. The smallest absolute Gasteiger partial charge is 0.264 e. The standard InChI is InChI=1S/C20H28N2O4S/c1-27(24,25)26-19-9-13-22(14-10-19)20(23)15-17-7-11-21(12-8-17)16-18-5-3-2-4-6-18/h2-7,19H,8-16H2,1H3. The predicted molar refractivity (Wildman–Crippen MR) is 105 cm³/mol. The lowest BCUT2D eigenvalue weighted by molar-refractivity contribution is -0.132. The number of rotatable bonds is 6. The van der Waals surface area contributed by atoms with Crippen LogP contribution in [0.5, 0.6) is 0 Å². The van der Waals surface area contributed by atoms with Gasteiger partial charge in [-0.2, -0.15) is 8.42 Å². The van der Waals surface area contributed by atoms with Crippen LogP contribution in [0.25, 0.3) is 0 Å². The Morgan fingerprint density at radius 1 is 1.15 bits per heavy atom. The highest BCUT2D eigenvalue weighted by atomic mass is 32.2. The highest BCUT2D eigenvalue weighted by molar-refractivity contribution is 7.86. The molecule has 6 nitrogen and oxygen atoms in total. The summed E-state index contributed by atoms with van der Waals surface area (Å²) in [6, 6.07) is 10.4. The zero-order chi connectivity index (χ0) is 19.3. The molecular weight excluding hydrogens is 364 g/mol. The lowest BCUT2D eigenvalue weighted by atomic mass is 10.0. The summed E-state index contributed by atoms with van der Waals surface area (Å²) in [5.74, 6) is 0.135. The van der Waals surface area contributed by atoms with Crippen molar-refractivity contribution in [3.05, 3.63) is 47.5 Å². The molecule has 27 heavy (non-hydrogen) atoms. The van der Waals surface area contributed by atoms with E-state index in [1.807, 2.05) is 11.0 Å². The molecule has 1 saturated heterocycles. The fraction of sp³-hybridized carbons (Fsp3) is 0.550. The maximum absolute atomic E-state index is 12.5. The fourth-order valence-electron chi connectivity index (χ4n) is 3.65. The van der Waals surface area contributed by atoms with E-state index in [0.29, 0.717) is 32.4 Å². The molecule has 2 heterocycles. The molecule has 0 N–H and O–H groups in total. The van der Waals surface area contributed by atoms with E-state index in [1.54, 1.807) is 0 Å². The first-order valence-electron chi connectivity index (χ1n) is 9.49. The lowest BCUT2D eigenvalue weighted by Crippen LogP contribution is -2.41. The molecule has 0 atom stereocenters. The first-order chi connectivity index (χ1) is 12.9. The topological polar surface area (TPSA) is 66.9 Å². The number of amides is 1. The highest BCUT2D eigenvalue weighted by Gasteiger charge is 2.26. The number of nitrogens with zero attached hydrogens (tertiary/aromatic N) is 2. The molecule has 7 heteroatoms. The number of piperidine rings is 1. The van der Waals surface area contributed by atoms with Crippen molar-refractivity contribution in [2.45, 2.75) is 38.3 Å². The van der Waals surface area contributed by atoms with Crippen LogP contribution >= 0.6 is 0 Å². The Balaban J connectivity index is 1.43. The van der Waals surface area contributed by atoms with Gasteiger partial charge in [-0.15, -0.1) is 0 Å². The zero-order valence-electron chi connectivity index (χ0n) is 15.8. The fourth-order valence-corrected chi connectivity index (χ4v) is 4.34. The van der Waals surface area contributed by atoms with Gasteiger partial charge in [0.25, 0.3) is 10.1 Å². The average molecular weight is 393 g/mol. The van der Waals surface area contributed by atoms with E-state index < -0.39 is 10.1 Å². The molecule has 0 spiro atoms. The molecule has 1 aromatic rings. The van der Waals surface area contributed by atoms with Gasteiger partial charge in [-0.3, -0.25) is 13.9 Å². The lowest BCUT2D eigenvalue weighted by Gasteiger charge is -2.32. The summed E-state index contributed by atoms with van der Waals surface area (Å²) in [5, 5.41) is 0. The van der Waals surface area contributed by atoms with Crippen molar-refractivity contribution in [2.75, 3.05) is 32.4 Å². The Kier molecular flexibility index (Phi) is 6.68. The van der Waals surface area contributed by atoms with Gasteiger partial charge in [0.2, 0.25) is 5.91 Å². The molecule has 2 aliphatic rings. The number of carbonyl (C=O) groups is 1. The van der Waals surface area contributed by atoms with Gasteiger partial charge in [-0.25, -0.2) is 0 Å². The van der Waals surface area contributed by atoms with Crippen molar-refractivity contribution in [3.63, 3.8) is 0 Å². The second-order valence-electron chi connectivity index (χ2n) is 7.39. The Labute approximate surface area is 161 Å². The monoisotopic (exact) mass is 392 g/mol. The van der Waals surface area contributed by atoms with Gasteiger partial charge in [-0.1, -0.05) is 42.0 Å². The summed E-state index contributed by atoms with van der Waals surface area (Å²) in [6.45, 7) is 3.91. The van der Waals surface area contributed by atoms with E-state index in [9.17, 15) is 13.2 Å². The van der Waals surface area contributed by atoms with Gasteiger partial charge in [0.15, 0.2) is 0 Å². The number of benzene rings is 1. The van der Waals surface area contributed by atoms with Crippen molar-refractivity contribution >= 4 is 16.0 Å². The second kappa shape index (κ2) is 8.99. The minimum atomic E-state index is -3.43. The highest BCUT2D eigenvalue weighted by Crippen LogP contribution is 2.20. The van der Waals surface area contributed by atoms with Gasteiger partial charge in [0.1, 0.15) is 0 Å². The Hall–Kier alpha value is -1.70. The Morgan fingerprint density at radius 2 is 1.85 bits per heavy atom. The van der Waals surface area contributed by atoms with Crippen LogP contribution in [-0.2, 0) is 25.6 Å². The molecule has 148 valence electrons.